The quantitative estimate of drug-likeness (QED) is 0.325. The molecule has 6 aliphatic rings. The Hall–Kier alpha value is -1.92. The largest absolute Gasteiger partial charge is 0.443 e. The molecule has 4 aliphatic carbocycles. The van der Waals surface area contributed by atoms with Crippen LogP contribution in [0.2, 0.25) is 0 Å². The van der Waals surface area contributed by atoms with E-state index in [1.54, 1.807) is 12.1 Å². The normalized spacial score (nSPS) is 35.0. The lowest BCUT2D eigenvalue weighted by Gasteiger charge is -2.55. The number of hydrogen-bond acceptors (Lipinski definition) is 8. The van der Waals surface area contributed by atoms with E-state index < -0.39 is 34.4 Å². The first-order valence-corrected chi connectivity index (χ1v) is 17.2. The molecule has 1 aromatic rings. The van der Waals surface area contributed by atoms with Crippen molar-refractivity contribution in [1.29, 1.82) is 0 Å². The lowest BCUT2D eigenvalue weighted by Crippen LogP contribution is -2.54. The number of nitrogens with one attached hydrogen (secondary N) is 1. The van der Waals surface area contributed by atoms with E-state index in [2.05, 4.69) is 5.32 Å². The third-order valence-corrected chi connectivity index (χ3v) is 12.3. The number of aliphatic hydroxyl groups excluding tert-OH is 1. The van der Waals surface area contributed by atoms with E-state index in [0.29, 0.717) is 36.5 Å². The van der Waals surface area contributed by atoms with Crippen LogP contribution in [0, 0.1) is 41.4 Å². The first kappa shape index (κ1) is 30.1. The lowest BCUT2D eigenvalue weighted by atomic mass is 9.51. The van der Waals surface area contributed by atoms with Gasteiger partial charge in [-0.3, -0.25) is 0 Å². The Morgan fingerprint density at radius 2 is 1.74 bits per heavy atom. The van der Waals surface area contributed by atoms with Crippen molar-refractivity contribution in [2.45, 2.75) is 88.2 Å². The van der Waals surface area contributed by atoms with E-state index >= 15 is 0 Å². The van der Waals surface area contributed by atoms with Crippen LogP contribution in [0.5, 0.6) is 0 Å². The van der Waals surface area contributed by atoms with Gasteiger partial charge in [0.2, 0.25) is 10.0 Å². The first-order valence-electron chi connectivity index (χ1n) is 15.8. The molecule has 0 spiro atoms. The van der Waals surface area contributed by atoms with Gasteiger partial charge in [0.05, 0.1) is 36.2 Å². The topological polar surface area (TPSA) is 140 Å². The predicted molar refractivity (Wildman–Crippen MR) is 157 cm³/mol. The summed E-state index contributed by atoms with van der Waals surface area (Å²) >= 11 is 0. The molecule has 10 nitrogen and oxygen atoms in total. The minimum absolute atomic E-state index is 0.00938. The molecule has 2 heterocycles. The molecule has 2 saturated heterocycles. The van der Waals surface area contributed by atoms with Crippen LogP contribution in [0.3, 0.4) is 0 Å². The first-order chi connectivity index (χ1) is 20.1. The molecule has 0 radical (unpaired) electrons. The Morgan fingerprint density at radius 3 is 2.38 bits per heavy atom. The maximum absolute atomic E-state index is 13.7. The average molecular weight is 606 g/mol. The van der Waals surface area contributed by atoms with Crippen molar-refractivity contribution >= 4 is 21.8 Å². The van der Waals surface area contributed by atoms with Crippen LogP contribution in [0.4, 0.5) is 10.5 Å². The van der Waals surface area contributed by atoms with Crippen LogP contribution in [-0.4, -0.2) is 74.8 Å². The lowest BCUT2D eigenvalue weighted by molar-refractivity contribution is -0.0907. The number of alkyl carbamates (subject to hydrolysis) is 1. The van der Waals surface area contributed by atoms with Crippen LogP contribution >= 0.6 is 0 Å². The van der Waals surface area contributed by atoms with Gasteiger partial charge >= 0.3 is 6.09 Å². The van der Waals surface area contributed by atoms with Crippen molar-refractivity contribution in [3.63, 3.8) is 0 Å². The van der Waals surface area contributed by atoms with Gasteiger partial charge in [-0.15, -0.1) is 0 Å². The van der Waals surface area contributed by atoms with Gasteiger partial charge in [0, 0.05) is 18.8 Å². The highest BCUT2D eigenvalue weighted by atomic mass is 32.2. The van der Waals surface area contributed by atoms with Crippen molar-refractivity contribution < 1.29 is 32.5 Å². The summed E-state index contributed by atoms with van der Waals surface area (Å²) in [6.45, 7) is 4.87. The van der Waals surface area contributed by atoms with Gasteiger partial charge in [0.1, 0.15) is 6.10 Å². The number of anilines is 1. The van der Waals surface area contributed by atoms with Gasteiger partial charge in [-0.05, 0) is 105 Å². The van der Waals surface area contributed by atoms with Crippen LogP contribution < -0.4 is 11.1 Å². The number of benzene rings is 1. The number of carbonyl (C=O) groups is 1. The number of ether oxygens (including phenoxy) is 3. The fourth-order valence-corrected chi connectivity index (χ4v) is 10.3. The highest BCUT2D eigenvalue weighted by molar-refractivity contribution is 7.89. The molecule has 4 bridgehead atoms. The van der Waals surface area contributed by atoms with Gasteiger partial charge in [0.25, 0.3) is 0 Å². The summed E-state index contributed by atoms with van der Waals surface area (Å²) in [6.07, 6.45) is 5.17. The fourth-order valence-electron chi connectivity index (χ4n) is 8.70. The second-order valence-corrected chi connectivity index (χ2v) is 15.8. The molecular formula is C31H47N3O7S. The summed E-state index contributed by atoms with van der Waals surface area (Å²) in [5.41, 5.74) is 6.28. The predicted octanol–water partition coefficient (Wildman–Crippen LogP) is 3.60. The van der Waals surface area contributed by atoms with Crippen LogP contribution in [0.25, 0.3) is 0 Å². The average Bonchev–Trinajstić information content (AvgIpc) is 3.54. The third-order valence-electron chi connectivity index (χ3n) is 10.4. The molecule has 4 saturated carbocycles. The molecule has 11 heteroatoms. The van der Waals surface area contributed by atoms with Crippen molar-refractivity contribution in [2.24, 2.45) is 41.4 Å². The van der Waals surface area contributed by atoms with Crippen LogP contribution in [-0.2, 0) is 24.2 Å². The molecule has 0 aromatic heterocycles. The zero-order valence-electron chi connectivity index (χ0n) is 24.8. The molecule has 1 amide bonds. The summed E-state index contributed by atoms with van der Waals surface area (Å²) in [5.74, 6) is 3.24. The van der Waals surface area contributed by atoms with Crippen LogP contribution in [0.1, 0.15) is 58.8 Å². The van der Waals surface area contributed by atoms with Crippen LogP contribution in [0.15, 0.2) is 29.2 Å². The number of rotatable bonds is 11. The molecule has 5 atom stereocenters. The van der Waals surface area contributed by atoms with Crippen molar-refractivity contribution in [2.75, 3.05) is 32.0 Å². The third kappa shape index (κ3) is 6.31. The highest BCUT2D eigenvalue weighted by Gasteiger charge is 2.49. The monoisotopic (exact) mass is 605 g/mol. The Bertz CT molecular complexity index is 1180. The maximum atomic E-state index is 13.7. The summed E-state index contributed by atoms with van der Waals surface area (Å²) in [6, 6.07) is 5.48. The maximum Gasteiger partial charge on any atom is 0.407 e. The Kier molecular flexibility index (Phi) is 8.77. The van der Waals surface area contributed by atoms with E-state index in [0.717, 1.165) is 18.3 Å². The second kappa shape index (κ2) is 12.2. The molecule has 7 rings (SSSR count). The number of fused-ring (bicyclic) bond motifs is 1. The van der Waals surface area contributed by atoms with Crippen molar-refractivity contribution in [1.82, 2.24) is 9.62 Å². The number of sulfonamides is 1. The van der Waals surface area contributed by atoms with E-state index in [1.807, 2.05) is 13.8 Å². The molecular weight excluding hydrogens is 558 g/mol. The van der Waals surface area contributed by atoms with E-state index in [4.69, 9.17) is 19.9 Å². The van der Waals surface area contributed by atoms with Gasteiger partial charge in [-0.2, -0.15) is 4.31 Å². The number of amides is 1. The summed E-state index contributed by atoms with van der Waals surface area (Å²) in [5, 5.41) is 14.7. The minimum atomic E-state index is -3.90. The van der Waals surface area contributed by atoms with E-state index in [-0.39, 0.29) is 42.7 Å². The van der Waals surface area contributed by atoms with Crippen molar-refractivity contribution in [3.8, 4) is 0 Å². The van der Waals surface area contributed by atoms with E-state index in [1.165, 1.54) is 48.5 Å². The summed E-state index contributed by atoms with van der Waals surface area (Å²) in [7, 11) is -3.90. The van der Waals surface area contributed by atoms with E-state index in [9.17, 15) is 18.3 Å². The highest BCUT2D eigenvalue weighted by Crippen LogP contribution is 2.57. The van der Waals surface area contributed by atoms with Gasteiger partial charge in [-0.25, -0.2) is 13.2 Å². The zero-order valence-corrected chi connectivity index (χ0v) is 25.6. The van der Waals surface area contributed by atoms with Gasteiger partial charge in [0.15, 0.2) is 6.29 Å². The molecule has 0 unspecified atom stereocenters. The molecule has 6 fully saturated rings. The number of aliphatic hydroxyl groups is 1. The number of nitrogens with two attached hydrogens (primary N) is 1. The number of nitrogens with zero attached hydrogens (tertiary/aromatic N) is 1. The van der Waals surface area contributed by atoms with Gasteiger partial charge < -0.3 is 30.4 Å². The zero-order chi connectivity index (χ0) is 29.6. The molecule has 4 N–H and O–H groups in total. The molecule has 1 aromatic carbocycles. The van der Waals surface area contributed by atoms with Gasteiger partial charge in [-0.1, -0.05) is 13.8 Å². The number of nitrogen functional groups attached to an aromatic ring is 1. The number of hydrogen-bond donors (Lipinski definition) is 3. The molecule has 234 valence electrons. The van der Waals surface area contributed by atoms with Crippen molar-refractivity contribution in [3.05, 3.63) is 24.3 Å². The standard InChI is InChI=1S/C31H47N3O7S/c1-18(2)15-34(42(37,38)24-5-3-23(32)4-6-24)16-28(35)27(14-26-21-10-19-9-20(12-21)13-22(26)11-19)33-31(36)41-29-17-40-30-25(29)7-8-39-30/h3-6,18-22,25-30,35H,7-17,32H2,1-2H3,(H,33,36)/t19?,20?,21?,22?,25-,26?,27-,28+,29-,30+/m0/s1. The molecule has 2 aliphatic heterocycles. The fraction of sp³-hybridized carbons (Fsp3) is 0.774. The smallest absolute Gasteiger partial charge is 0.407 e. The molecule has 42 heavy (non-hydrogen) atoms. The summed E-state index contributed by atoms with van der Waals surface area (Å²) < 4.78 is 45.8. The minimum Gasteiger partial charge on any atom is -0.443 e. The summed E-state index contributed by atoms with van der Waals surface area (Å²) in [4.78, 5) is 13.4. The second-order valence-electron chi connectivity index (χ2n) is 13.9. The Labute approximate surface area is 249 Å². The Balaban J connectivity index is 1.20. The Morgan fingerprint density at radius 1 is 1.07 bits per heavy atom. The SMILES string of the molecule is CC(C)CN(C[C@@H](O)[C@H](CC1C2CC3CC(C2)CC1C3)NC(=O)O[C@H]1CO[C@H]2OCC[C@H]21)S(=O)(=O)c1ccc(N)cc1. The number of carbonyl (C=O) groups excluding carboxylic acids is 1.